The maximum absolute atomic E-state index is 11.1. The zero-order valence-electron chi connectivity index (χ0n) is 12.3. The maximum atomic E-state index is 11.1. The van der Waals surface area contributed by atoms with E-state index in [9.17, 15) is 10.1 Å². The highest BCUT2D eigenvalue weighted by Gasteiger charge is 2.62. The third-order valence-electron chi connectivity index (χ3n) is 5.89. The molecule has 0 N–H and O–H groups in total. The lowest BCUT2D eigenvalue weighted by Gasteiger charge is -2.38. The first-order valence-electron chi connectivity index (χ1n) is 7.09. The highest BCUT2D eigenvalue weighted by Crippen LogP contribution is 2.66. The molecule has 1 heterocycles. The standard InChI is InChI=1S/C14H18ClN3O3/c1-13(2)8-4-5-14(13,3)9(6-8)21-12-10(18(19)20)11(15)16-7-17-12/h7-9H,4-6H2,1-3H3. The van der Waals surface area contributed by atoms with Gasteiger partial charge in [-0.2, -0.15) is 4.98 Å². The van der Waals surface area contributed by atoms with Crippen LogP contribution < -0.4 is 4.74 Å². The largest absolute Gasteiger partial charge is 0.469 e. The fourth-order valence-electron chi connectivity index (χ4n) is 4.03. The fraction of sp³-hybridized carbons (Fsp3) is 0.714. The number of nitro groups is 1. The number of ether oxygens (including phenoxy) is 1. The molecule has 0 radical (unpaired) electrons. The quantitative estimate of drug-likeness (QED) is 0.484. The molecule has 0 spiro atoms. The van der Waals surface area contributed by atoms with Crippen LogP contribution in [0.3, 0.4) is 0 Å². The van der Waals surface area contributed by atoms with Crippen LogP contribution in [0.2, 0.25) is 5.15 Å². The molecule has 3 atom stereocenters. The van der Waals surface area contributed by atoms with Crippen LogP contribution in [0.25, 0.3) is 0 Å². The van der Waals surface area contributed by atoms with E-state index in [2.05, 4.69) is 30.7 Å². The van der Waals surface area contributed by atoms with Crippen LogP contribution >= 0.6 is 11.6 Å². The van der Waals surface area contributed by atoms with E-state index in [0.717, 1.165) is 12.8 Å². The number of rotatable bonds is 3. The first-order valence-corrected chi connectivity index (χ1v) is 7.46. The summed E-state index contributed by atoms with van der Waals surface area (Å²) in [6.45, 7) is 6.73. The summed E-state index contributed by atoms with van der Waals surface area (Å²) in [4.78, 5) is 18.1. The number of hydrogen-bond acceptors (Lipinski definition) is 5. The lowest BCUT2D eigenvalue weighted by molar-refractivity contribution is -0.386. The minimum Gasteiger partial charge on any atom is -0.469 e. The van der Waals surface area contributed by atoms with Crippen molar-refractivity contribution in [2.24, 2.45) is 16.7 Å². The molecule has 0 amide bonds. The molecule has 2 bridgehead atoms. The predicted molar refractivity (Wildman–Crippen MR) is 77.3 cm³/mol. The molecular weight excluding hydrogens is 294 g/mol. The van der Waals surface area contributed by atoms with Crippen molar-refractivity contribution in [3.8, 4) is 5.88 Å². The Balaban J connectivity index is 1.93. The Bertz CT molecular complexity index is 607. The summed E-state index contributed by atoms with van der Waals surface area (Å²) in [7, 11) is 0. The van der Waals surface area contributed by atoms with Gasteiger partial charge in [-0.05, 0) is 30.6 Å². The van der Waals surface area contributed by atoms with Crippen LogP contribution in [0, 0.1) is 26.9 Å². The summed E-state index contributed by atoms with van der Waals surface area (Å²) in [5, 5.41) is 11.0. The monoisotopic (exact) mass is 311 g/mol. The van der Waals surface area contributed by atoms with Gasteiger partial charge in [-0.25, -0.2) is 4.98 Å². The van der Waals surface area contributed by atoms with Crippen molar-refractivity contribution in [1.29, 1.82) is 0 Å². The highest BCUT2D eigenvalue weighted by atomic mass is 35.5. The van der Waals surface area contributed by atoms with Crippen molar-refractivity contribution in [2.75, 3.05) is 0 Å². The van der Waals surface area contributed by atoms with Gasteiger partial charge in [0.2, 0.25) is 5.15 Å². The summed E-state index contributed by atoms with van der Waals surface area (Å²) in [5.41, 5.74) is -0.171. The second-order valence-corrected chi connectivity index (χ2v) is 7.15. The third-order valence-corrected chi connectivity index (χ3v) is 6.17. The molecule has 0 aromatic carbocycles. The number of fused-ring (bicyclic) bond motifs is 2. The summed E-state index contributed by atoms with van der Waals surface area (Å²) in [6.07, 6.45) is 4.29. The van der Waals surface area contributed by atoms with Crippen LogP contribution in [-0.4, -0.2) is 21.0 Å². The average molecular weight is 312 g/mol. The Morgan fingerprint density at radius 1 is 1.43 bits per heavy atom. The van der Waals surface area contributed by atoms with Gasteiger partial charge in [0.1, 0.15) is 12.4 Å². The fourth-order valence-corrected chi connectivity index (χ4v) is 4.22. The van der Waals surface area contributed by atoms with Crippen molar-refractivity contribution >= 4 is 17.3 Å². The average Bonchev–Trinajstić information content (AvgIpc) is 2.71. The molecular formula is C14H18ClN3O3. The smallest absolute Gasteiger partial charge is 0.367 e. The first-order chi connectivity index (χ1) is 9.77. The van der Waals surface area contributed by atoms with Gasteiger partial charge in [0.05, 0.1) is 4.92 Å². The van der Waals surface area contributed by atoms with Gasteiger partial charge in [0, 0.05) is 5.41 Å². The van der Waals surface area contributed by atoms with E-state index in [1.807, 2.05) is 0 Å². The van der Waals surface area contributed by atoms with E-state index < -0.39 is 4.92 Å². The second-order valence-electron chi connectivity index (χ2n) is 6.79. The van der Waals surface area contributed by atoms with E-state index in [-0.39, 0.29) is 33.7 Å². The topological polar surface area (TPSA) is 78.2 Å². The molecule has 2 saturated carbocycles. The molecule has 114 valence electrons. The molecule has 6 nitrogen and oxygen atoms in total. The van der Waals surface area contributed by atoms with E-state index in [0.29, 0.717) is 5.92 Å². The third kappa shape index (κ3) is 1.92. The second kappa shape index (κ2) is 4.53. The molecule has 3 rings (SSSR count). The lowest BCUT2D eigenvalue weighted by atomic mass is 9.70. The molecule has 2 fully saturated rings. The molecule has 2 aliphatic carbocycles. The van der Waals surface area contributed by atoms with Crippen LogP contribution in [0.4, 0.5) is 5.69 Å². The Morgan fingerprint density at radius 2 is 2.14 bits per heavy atom. The van der Waals surface area contributed by atoms with Crippen molar-refractivity contribution in [3.63, 3.8) is 0 Å². The molecule has 3 unspecified atom stereocenters. The van der Waals surface area contributed by atoms with E-state index in [4.69, 9.17) is 16.3 Å². The first kappa shape index (κ1) is 14.5. The Kier molecular flexibility index (Phi) is 3.13. The van der Waals surface area contributed by atoms with E-state index in [1.54, 1.807) is 0 Å². The van der Waals surface area contributed by atoms with Gasteiger partial charge < -0.3 is 4.74 Å². The Hall–Kier alpha value is -1.43. The van der Waals surface area contributed by atoms with Gasteiger partial charge >= 0.3 is 5.69 Å². The summed E-state index contributed by atoms with van der Waals surface area (Å²) in [6, 6.07) is 0. The van der Waals surface area contributed by atoms with Crippen LogP contribution in [-0.2, 0) is 0 Å². The molecule has 7 heteroatoms. The molecule has 0 aliphatic heterocycles. The summed E-state index contributed by atoms with van der Waals surface area (Å²) in [5.74, 6) is 0.568. The zero-order valence-corrected chi connectivity index (χ0v) is 13.1. The molecule has 2 aliphatic rings. The van der Waals surface area contributed by atoms with Crippen LogP contribution in [0.5, 0.6) is 5.88 Å². The van der Waals surface area contributed by atoms with Crippen LogP contribution in [0.1, 0.15) is 40.0 Å². The van der Waals surface area contributed by atoms with Gasteiger partial charge in [0.15, 0.2) is 0 Å². The minimum absolute atomic E-state index is 0.00294. The number of halogens is 1. The van der Waals surface area contributed by atoms with Crippen molar-refractivity contribution < 1.29 is 9.66 Å². The number of hydrogen-bond donors (Lipinski definition) is 0. The molecule has 0 saturated heterocycles. The Labute approximate surface area is 128 Å². The van der Waals surface area contributed by atoms with E-state index in [1.165, 1.54) is 12.7 Å². The zero-order chi connectivity index (χ0) is 15.4. The highest BCUT2D eigenvalue weighted by molar-refractivity contribution is 6.31. The van der Waals surface area contributed by atoms with Gasteiger partial charge in [-0.1, -0.05) is 32.4 Å². The Morgan fingerprint density at radius 3 is 2.67 bits per heavy atom. The lowest BCUT2D eigenvalue weighted by Crippen LogP contribution is -2.39. The summed E-state index contributed by atoms with van der Waals surface area (Å²) >= 11 is 5.81. The van der Waals surface area contributed by atoms with Crippen molar-refractivity contribution in [1.82, 2.24) is 9.97 Å². The molecule has 1 aromatic rings. The minimum atomic E-state index is -0.585. The molecule has 1 aromatic heterocycles. The normalized spacial score (nSPS) is 33.1. The van der Waals surface area contributed by atoms with Gasteiger partial charge in [-0.15, -0.1) is 0 Å². The van der Waals surface area contributed by atoms with Crippen molar-refractivity contribution in [3.05, 3.63) is 21.6 Å². The van der Waals surface area contributed by atoms with Crippen LogP contribution in [0.15, 0.2) is 6.33 Å². The van der Waals surface area contributed by atoms with Crippen molar-refractivity contribution in [2.45, 2.75) is 46.1 Å². The predicted octanol–water partition coefficient (Wildman–Crippen LogP) is 3.63. The van der Waals surface area contributed by atoms with Gasteiger partial charge in [0.25, 0.3) is 5.88 Å². The number of aromatic nitrogens is 2. The molecule has 21 heavy (non-hydrogen) atoms. The maximum Gasteiger partial charge on any atom is 0.367 e. The number of nitrogens with zero attached hydrogens (tertiary/aromatic N) is 3. The van der Waals surface area contributed by atoms with Gasteiger partial charge in [-0.3, -0.25) is 10.1 Å². The SMILES string of the molecule is CC1(C)C2CCC1(C)C(Oc1ncnc(Cl)c1[N+](=O)[O-])C2. The van der Waals surface area contributed by atoms with E-state index >= 15 is 0 Å². The summed E-state index contributed by atoms with van der Waals surface area (Å²) < 4.78 is 5.94.